The topological polar surface area (TPSA) is 69.2 Å². The molecule has 0 spiro atoms. The van der Waals surface area contributed by atoms with Crippen LogP contribution in [0.25, 0.3) is 0 Å². The lowest BCUT2D eigenvalue weighted by Gasteiger charge is -2.14. The Morgan fingerprint density at radius 1 is 1.24 bits per heavy atom. The summed E-state index contributed by atoms with van der Waals surface area (Å²) in [4.78, 5) is 11.0. The molecule has 0 heterocycles. The Bertz CT molecular complexity index is 735. The fourth-order valence-corrected chi connectivity index (χ4v) is 2.57. The second kappa shape index (κ2) is 9.68. The van der Waals surface area contributed by atoms with E-state index in [4.69, 9.17) is 9.47 Å². The molecule has 0 aromatic heterocycles. The Labute approximate surface area is 154 Å². The van der Waals surface area contributed by atoms with Gasteiger partial charge in [-0.15, -0.1) is 0 Å². The van der Waals surface area contributed by atoms with Crippen LogP contribution in [0.3, 0.4) is 0 Å². The van der Waals surface area contributed by atoms with Gasteiger partial charge in [0.2, 0.25) is 0 Å². The highest BCUT2D eigenvalue weighted by atomic mass is 79.9. The SMILES string of the molecule is CCOc1cc(/C=N\NC(=O)OC)cc(Br)c1OCc1ccccc1. The maximum absolute atomic E-state index is 11.0. The van der Waals surface area contributed by atoms with Crippen molar-refractivity contribution in [2.75, 3.05) is 13.7 Å². The number of carbonyl (C=O) groups excluding carboxylic acids is 1. The lowest BCUT2D eigenvalue weighted by Crippen LogP contribution is -2.16. The van der Waals surface area contributed by atoms with Crippen molar-refractivity contribution in [1.82, 2.24) is 5.43 Å². The average Bonchev–Trinajstić information content (AvgIpc) is 2.62. The van der Waals surface area contributed by atoms with Crippen LogP contribution in [0.5, 0.6) is 11.5 Å². The van der Waals surface area contributed by atoms with E-state index in [2.05, 4.69) is 31.2 Å². The number of hydrazone groups is 1. The van der Waals surface area contributed by atoms with E-state index in [1.807, 2.05) is 43.3 Å². The number of halogens is 1. The summed E-state index contributed by atoms with van der Waals surface area (Å²) in [6, 6.07) is 13.5. The van der Waals surface area contributed by atoms with Gasteiger partial charge in [-0.3, -0.25) is 0 Å². The van der Waals surface area contributed by atoms with Gasteiger partial charge in [0.05, 0.1) is 24.4 Å². The van der Waals surface area contributed by atoms with E-state index in [1.54, 1.807) is 6.07 Å². The number of nitrogens with zero attached hydrogens (tertiary/aromatic N) is 1. The van der Waals surface area contributed by atoms with Crippen LogP contribution in [0.2, 0.25) is 0 Å². The van der Waals surface area contributed by atoms with Gasteiger partial charge in [-0.2, -0.15) is 5.10 Å². The molecule has 0 fully saturated rings. The van der Waals surface area contributed by atoms with E-state index < -0.39 is 6.09 Å². The second-order valence-electron chi connectivity index (χ2n) is 4.90. The zero-order valence-corrected chi connectivity index (χ0v) is 15.6. The zero-order valence-electron chi connectivity index (χ0n) is 14.0. The highest BCUT2D eigenvalue weighted by molar-refractivity contribution is 9.10. The molecule has 0 bridgehead atoms. The van der Waals surface area contributed by atoms with E-state index in [9.17, 15) is 4.79 Å². The first-order valence-electron chi connectivity index (χ1n) is 7.64. The Balaban J connectivity index is 2.17. The van der Waals surface area contributed by atoms with Crippen LogP contribution in [0, 0.1) is 0 Å². The van der Waals surface area contributed by atoms with Gasteiger partial charge in [-0.05, 0) is 46.1 Å². The van der Waals surface area contributed by atoms with E-state index in [0.717, 1.165) is 15.6 Å². The molecular weight excluding hydrogens is 388 g/mol. The van der Waals surface area contributed by atoms with Gasteiger partial charge in [-0.25, -0.2) is 10.2 Å². The molecule has 0 aliphatic carbocycles. The molecule has 2 aromatic carbocycles. The minimum atomic E-state index is -0.636. The third-order valence-corrected chi connectivity index (χ3v) is 3.70. The van der Waals surface area contributed by atoms with Crippen LogP contribution in [-0.4, -0.2) is 26.0 Å². The Morgan fingerprint density at radius 3 is 2.68 bits per heavy atom. The van der Waals surface area contributed by atoms with Crippen molar-refractivity contribution in [3.05, 3.63) is 58.1 Å². The van der Waals surface area contributed by atoms with E-state index in [1.165, 1.54) is 13.3 Å². The first-order valence-corrected chi connectivity index (χ1v) is 8.43. The van der Waals surface area contributed by atoms with Gasteiger partial charge in [0.25, 0.3) is 0 Å². The van der Waals surface area contributed by atoms with E-state index in [-0.39, 0.29) is 0 Å². The van der Waals surface area contributed by atoms with E-state index in [0.29, 0.717) is 24.7 Å². The molecule has 7 heteroatoms. The molecule has 1 amide bonds. The van der Waals surface area contributed by atoms with Gasteiger partial charge in [-0.1, -0.05) is 30.3 Å². The minimum absolute atomic E-state index is 0.427. The molecule has 0 saturated carbocycles. The predicted octanol–water partition coefficient (Wildman–Crippen LogP) is 4.12. The Morgan fingerprint density at radius 2 is 2.00 bits per heavy atom. The fourth-order valence-electron chi connectivity index (χ4n) is 2.00. The summed E-state index contributed by atoms with van der Waals surface area (Å²) in [6.45, 7) is 2.82. The summed E-state index contributed by atoms with van der Waals surface area (Å²) in [5, 5.41) is 3.81. The standard InChI is InChI=1S/C18H19BrN2O4/c1-3-24-16-10-14(11-20-21-18(22)23-2)9-15(19)17(16)25-12-13-7-5-4-6-8-13/h4-11H,3,12H2,1-2H3,(H,21,22)/b20-11-. The van der Waals surface area contributed by atoms with Crippen molar-refractivity contribution in [2.24, 2.45) is 5.10 Å². The highest BCUT2D eigenvalue weighted by Gasteiger charge is 2.12. The monoisotopic (exact) mass is 406 g/mol. The molecule has 0 aliphatic heterocycles. The minimum Gasteiger partial charge on any atom is -0.490 e. The van der Waals surface area contributed by atoms with Gasteiger partial charge in [0.1, 0.15) is 6.61 Å². The molecule has 2 aromatic rings. The average molecular weight is 407 g/mol. The predicted molar refractivity (Wildman–Crippen MR) is 99.2 cm³/mol. The van der Waals surface area contributed by atoms with Crippen LogP contribution in [0.1, 0.15) is 18.1 Å². The lowest BCUT2D eigenvalue weighted by molar-refractivity contribution is 0.171. The Kier molecular flexibility index (Phi) is 7.28. The summed E-state index contributed by atoms with van der Waals surface area (Å²) in [5.41, 5.74) is 4.03. The number of methoxy groups -OCH3 is 1. The summed E-state index contributed by atoms with van der Waals surface area (Å²) >= 11 is 3.50. The number of rotatable bonds is 7. The number of hydrogen-bond donors (Lipinski definition) is 1. The van der Waals surface area contributed by atoms with Gasteiger partial charge < -0.3 is 14.2 Å². The third-order valence-electron chi connectivity index (χ3n) is 3.11. The fraction of sp³-hybridized carbons (Fsp3) is 0.222. The molecule has 0 radical (unpaired) electrons. The van der Waals surface area contributed by atoms with Crippen molar-refractivity contribution in [1.29, 1.82) is 0 Å². The molecule has 0 saturated heterocycles. The third kappa shape index (κ3) is 5.79. The van der Waals surface area contributed by atoms with Crippen LogP contribution in [0.4, 0.5) is 4.79 Å². The number of benzene rings is 2. The molecule has 6 nitrogen and oxygen atoms in total. The number of ether oxygens (including phenoxy) is 3. The van der Waals surface area contributed by atoms with Crippen LogP contribution in [0.15, 0.2) is 52.0 Å². The van der Waals surface area contributed by atoms with E-state index >= 15 is 0 Å². The Hall–Kier alpha value is -2.54. The van der Waals surface area contributed by atoms with Gasteiger partial charge in [0, 0.05) is 0 Å². The number of nitrogens with one attached hydrogen (secondary N) is 1. The van der Waals surface area contributed by atoms with Gasteiger partial charge >= 0.3 is 6.09 Å². The largest absolute Gasteiger partial charge is 0.490 e. The lowest BCUT2D eigenvalue weighted by atomic mass is 10.2. The molecule has 132 valence electrons. The second-order valence-corrected chi connectivity index (χ2v) is 5.75. The van der Waals surface area contributed by atoms with Crippen molar-refractivity contribution in [2.45, 2.75) is 13.5 Å². The number of hydrogen-bond acceptors (Lipinski definition) is 5. The van der Waals surface area contributed by atoms with Gasteiger partial charge in [0.15, 0.2) is 11.5 Å². The summed E-state index contributed by atoms with van der Waals surface area (Å²) in [6.07, 6.45) is 0.855. The molecule has 0 aliphatic rings. The summed E-state index contributed by atoms with van der Waals surface area (Å²) in [5.74, 6) is 1.20. The number of carbonyl (C=O) groups is 1. The maximum atomic E-state index is 11.0. The first kappa shape index (κ1) is 18.8. The van der Waals surface area contributed by atoms with Crippen LogP contribution >= 0.6 is 15.9 Å². The highest BCUT2D eigenvalue weighted by Crippen LogP contribution is 2.37. The maximum Gasteiger partial charge on any atom is 0.427 e. The summed E-state index contributed by atoms with van der Waals surface area (Å²) < 4.78 is 16.8. The number of amides is 1. The van der Waals surface area contributed by atoms with Crippen molar-refractivity contribution in [3.63, 3.8) is 0 Å². The first-order chi connectivity index (χ1) is 12.1. The molecule has 0 unspecified atom stereocenters. The smallest absolute Gasteiger partial charge is 0.427 e. The molecule has 0 atom stereocenters. The van der Waals surface area contributed by atoms with Crippen molar-refractivity contribution < 1.29 is 19.0 Å². The van der Waals surface area contributed by atoms with Crippen LogP contribution in [-0.2, 0) is 11.3 Å². The molecule has 2 rings (SSSR count). The quantitative estimate of drug-likeness (QED) is 0.554. The molecule has 1 N–H and O–H groups in total. The van der Waals surface area contributed by atoms with Crippen molar-refractivity contribution in [3.8, 4) is 11.5 Å². The molecular formula is C18H19BrN2O4. The normalized spacial score (nSPS) is 10.5. The zero-order chi connectivity index (χ0) is 18.1. The van der Waals surface area contributed by atoms with Crippen LogP contribution < -0.4 is 14.9 Å². The van der Waals surface area contributed by atoms with Crippen molar-refractivity contribution >= 4 is 28.2 Å². The summed E-state index contributed by atoms with van der Waals surface area (Å²) in [7, 11) is 1.27. The molecule has 25 heavy (non-hydrogen) atoms.